The van der Waals surface area contributed by atoms with Crippen molar-refractivity contribution in [3.05, 3.63) is 35.9 Å². The first-order chi connectivity index (χ1) is 15.0. The van der Waals surface area contributed by atoms with Gasteiger partial charge in [0.25, 0.3) is 5.91 Å². The molecule has 4 bridgehead atoms. The van der Waals surface area contributed by atoms with Gasteiger partial charge in [0, 0.05) is 23.6 Å². The molecule has 0 radical (unpaired) electrons. The van der Waals surface area contributed by atoms with Gasteiger partial charge in [0.15, 0.2) is 0 Å². The van der Waals surface area contributed by atoms with Crippen molar-refractivity contribution < 1.29 is 19.1 Å². The molecule has 1 atom stereocenters. The maximum absolute atomic E-state index is 13.0. The summed E-state index contributed by atoms with van der Waals surface area (Å²) in [6, 6.07) is 9.29. The zero-order valence-electron chi connectivity index (χ0n) is 18.0. The van der Waals surface area contributed by atoms with E-state index in [0.717, 1.165) is 32.1 Å². The molecule has 0 spiro atoms. The van der Waals surface area contributed by atoms with Crippen LogP contribution in [0.15, 0.2) is 30.3 Å². The lowest BCUT2D eigenvalue weighted by atomic mass is 9.49. The molecule has 1 aromatic rings. The molecule has 5 fully saturated rings. The van der Waals surface area contributed by atoms with Crippen LogP contribution in [0.2, 0.25) is 0 Å². The Morgan fingerprint density at radius 2 is 1.58 bits per heavy atom. The van der Waals surface area contributed by atoms with E-state index in [-0.39, 0.29) is 36.2 Å². The summed E-state index contributed by atoms with van der Waals surface area (Å²) in [6.07, 6.45) is 7.96. The van der Waals surface area contributed by atoms with Crippen LogP contribution in [0.25, 0.3) is 0 Å². The second kappa shape index (κ2) is 8.29. The summed E-state index contributed by atoms with van der Waals surface area (Å²) >= 11 is 0. The molecule has 6 nitrogen and oxygen atoms in total. The molecular formula is C25H32N2O4. The molecule has 0 unspecified atom stereocenters. The summed E-state index contributed by atoms with van der Waals surface area (Å²) in [4.78, 5) is 38.2. The minimum Gasteiger partial charge on any atom is -0.447 e. The zero-order valence-corrected chi connectivity index (χ0v) is 18.0. The van der Waals surface area contributed by atoms with Gasteiger partial charge in [-0.05, 0) is 69.1 Å². The first-order valence-corrected chi connectivity index (χ1v) is 11.8. The van der Waals surface area contributed by atoms with E-state index < -0.39 is 12.1 Å². The molecule has 5 saturated carbocycles. The van der Waals surface area contributed by atoms with Gasteiger partial charge < -0.3 is 15.4 Å². The normalized spacial score (nSPS) is 31.7. The van der Waals surface area contributed by atoms with Gasteiger partial charge in [0.2, 0.25) is 12.0 Å². The average molecular weight is 425 g/mol. The van der Waals surface area contributed by atoms with Crippen LogP contribution in [0.1, 0.15) is 69.5 Å². The quantitative estimate of drug-likeness (QED) is 0.628. The Bertz CT molecular complexity index is 813. The Balaban J connectivity index is 1.14. The summed E-state index contributed by atoms with van der Waals surface area (Å²) in [5.41, 5.74) is 0.446. The molecule has 1 aromatic carbocycles. The Morgan fingerprint density at radius 3 is 2.16 bits per heavy atom. The van der Waals surface area contributed by atoms with Gasteiger partial charge in [0.05, 0.1) is 6.42 Å². The van der Waals surface area contributed by atoms with Crippen LogP contribution < -0.4 is 10.6 Å². The second-order valence-corrected chi connectivity index (χ2v) is 10.3. The minimum atomic E-state index is -0.951. The van der Waals surface area contributed by atoms with Gasteiger partial charge in [-0.1, -0.05) is 30.3 Å². The fourth-order valence-corrected chi connectivity index (χ4v) is 6.45. The van der Waals surface area contributed by atoms with Crippen molar-refractivity contribution in [1.29, 1.82) is 0 Å². The maximum Gasteiger partial charge on any atom is 0.308 e. The van der Waals surface area contributed by atoms with Gasteiger partial charge in [-0.15, -0.1) is 0 Å². The highest BCUT2D eigenvalue weighted by molar-refractivity contribution is 5.86. The molecule has 0 aliphatic heterocycles. The number of nitrogens with one attached hydrogen (secondary N) is 2. The Kier molecular flexibility index (Phi) is 5.49. The lowest BCUT2D eigenvalue weighted by Crippen LogP contribution is -2.53. The third kappa shape index (κ3) is 4.48. The van der Waals surface area contributed by atoms with E-state index in [4.69, 9.17) is 4.74 Å². The van der Waals surface area contributed by atoms with E-state index in [1.807, 2.05) is 18.2 Å². The molecule has 2 N–H and O–H groups in total. The van der Waals surface area contributed by atoms with Gasteiger partial charge >= 0.3 is 5.97 Å². The maximum atomic E-state index is 13.0. The number of ether oxygens (including phenoxy) is 1. The lowest BCUT2D eigenvalue weighted by molar-refractivity contribution is -0.156. The fourth-order valence-electron chi connectivity index (χ4n) is 6.45. The molecule has 0 aromatic heterocycles. The van der Waals surface area contributed by atoms with Crippen LogP contribution in [0, 0.1) is 23.2 Å². The van der Waals surface area contributed by atoms with Crippen molar-refractivity contribution in [3.63, 3.8) is 0 Å². The largest absolute Gasteiger partial charge is 0.447 e. The number of hydrogen-bond donors (Lipinski definition) is 2. The third-order valence-electron chi connectivity index (χ3n) is 7.65. The second-order valence-electron chi connectivity index (χ2n) is 10.3. The van der Waals surface area contributed by atoms with Gasteiger partial charge in [-0.2, -0.15) is 0 Å². The van der Waals surface area contributed by atoms with Gasteiger partial charge in [-0.25, -0.2) is 0 Å². The molecule has 166 valence electrons. The summed E-state index contributed by atoms with van der Waals surface area (Å²) < 4.78 is 5.56. The van der Waals surface area contributed by atoms with Crippen LogP contribution in [0.4, 0.5) is 0 Å². The number of carbonyl (C=O) groups excluding carboxylic acids is 3. The number of rotatable bonds is 8. The van der Waals surface area contributed by atoms with Gasteiger partial charge in [-0.3, -0.25) is 14.4 Å². The van der Waals surface area contributed by atoms with E-state index in [9.17, 15) is 14.4 Å². The van der Waals surface area contributed by atoms with Crippen molar-refractivity contribution >= 4 is 17.8 Å². The molecule has 0 saturated heterocycles. The summed E-state index contributed by atoms with van der Waals surface area (Å²) in [7, 11) is 0. The highest BCUT2D eigenvalue weighted by Gasteiger charge is 2.54. The summed E-state index contributed by atoms with van der Waals surface area (Å²) in [5.74, 6) is 1.49. The molecule has 6 heteroatoms. The number of benzene rings is 1. The molecule has 6 rings (SSSR count). The van der Waals surface area contributed by atoms with Crippen molar-refractivity contribution in [2.24, 2.45) is 23.2 Å². The highest BCUT2D eigenvalue weighted by atomic mass is 16.5. The molecule has 0 heterocycles. The van der Waals surface area contributed by atoms with E-state index in [1.165, 1.54) is 19.3 Å². The Labute approximate surface area is 183 Å². The van der Waals surface area contributed by atoms with Crippen LogP contribution in [-0.2, 0) is 19.1 Å². The molecular weight excluding hydrogens is 392 g/mol. The SMILES string of the molecule is O=C(CCNC(=O)C12CC3CC(CC(C3)C1)C2)O[C@@H](C(=O)NC1CC1)c1ccccc1. The Morgan fingerprint density at radius 1 is 0.968 bits per heavy atom. The van der Waals surface area contributed by atoms with E-state index in [2.05, 4.69) is 10.6 Å². The fraction of sp³-hybridized carbons (Fsp3) is 0.640. The average Bonchev–Trinajstić information content (AvgIpc) is 3.55. The monoisotopic (exact) mass is 424 g/mol. The summed E-state index contributed by atoms with van der Waals surface area (Å²) in [6.45, 7) is 0.255. The first kappa shape index (κ1) is 20.5. The minimum absolute atomic E-state index is 0.0676. The summed E-state index contributed by atoms with van der Waals surface area (Å²) in [5, 5.41) is 5.94. The topological polar surface area (TPSA) is 84.5 Å². The number of carbonyl (C=O) groups is 3. The third-order valence-corrected chi connectivity index (χ3v) is 7.65. The predicted octanol–water partition coefficient (Wildman–Crippen LogP) is 3.27. The van der Waals surface area contributed by atoms with E-state index in [1.54, 1.807) is 12.1 Å². The van der Waals surface area contributed by atoms with Gasteiger partial charge in [0.1, 0.15) is 0 Å². The lowest BCUT2D eigenvalue weighted by Gasteiger charge is -2.55. The number of amides is 2. The van der Waals surface area contributed by atoms with E-state index >= 15 is 0 Å². The standard InChI is InChI=1S/C25H32N2O4/c28-21(31-22(19-4-2-1-3-5-19)23(29)27-20-6-7-20)8-9-26-24(30)25-13-16-10-17(14-25)12-18(11-16)15-25/h1-5,16-18,20,22H,6-15H2,(H,26,30)(H,27,29)/t16?,17?,18?,22-,25?/m1/s1. The molecule has 31 heavy (non-hydrogen) atoms. The number of hydrogen-bond acceptors (Lipinski definition) is 4. The molecule has 5 aliphatic rings. The van der Waals surface area contributed by atoms with Crippen molar-refractivity contribution in [1.82, 2.24) is 10.6 Å². The van der Waals surface area contributed by atoms with Crippen LogP contribution in [-0.4, -0.2) is 30.4 Å². The highest BCUT2D eigenvalue weighted by Crippen LogP contribution is 2.60. The smallest absolute Gasteiger partial charge is 0.308 e. The predicted molar refractivity (Wildman–Crippen MR) is 115 cm³/mol. The van der Waals surface area contributed by atoms with Crippen LogP contribution >= 0.6 is 0 Å². The molecule has 2 amide bonds. The number of esters is 1. The van der Waals surface area contributed by atoms with Crippen molar-refractivity contribution in [2.45, 2.75) is 69.9 Å². The van der Waals surface area contributed by atoms with Crippen LogP contribution in [0.3, 0.4) is 0 Å². The van der Waals surface area contributed by atoms with Crippen LogP contribution in [0.5, 0.6) is 0 Å². The Hall–Kier alpha value is -2.37. The first-order valence-electron chi connectivity index (χ1n) is 11.8. The molecule has 5 aliphatic carbocycles. The van der Waals surface area contributed by atoms with Crippen molar-refractivity contribution in [3.8, 4) is 0 Å². The zero-order chi connectivity index (χ0) is 21.4. The van der Waals surface area contributed by atoms with E-state index in [0.29, 0.717) is 23.3 Å². The van der Waals surface area contributed by atoms with Crippen molar-refractivity contribution in [2.75, 3.05) is 6.54 Å².